The van der Waals surface area contributed by atoms with E-state index in [2.05, 4.69) is 26.6 Å². The van der Waals surface area contributed by atoms with Gasteiger partial charge in [0.05, 0.1) is 22.7 Å². The minimum absolute atomic E-state index is 0.561. The molecule has 112 valence electrons. The standard InChI is InChI=1S/C16H15BrN4O/c1-9-5-6-10(2)21(9)16-19-13-14(20(16)3)11(8-18)7-12(17)15(13)22-4/h5-7H,1-4H3. The maximum absolute atomic E-state index is 9.44. The van der Waals surface area contributed by atoms with Crippen LogP contribution in [-0.4, -0.2) is 21.2 Å². The quantitative estimate of drug-likeness (QED) is 0.702. The van der Waals surface area contributed by atoms with Crippen LogP contribution in [0.2, 0.25) is 0 Å². The summed E-state index contributed by atoms with van der Waals surface area (Å²) in [6, 6.07) is 8.10. The predicted octanol–water partition coefficient (Wildman–Crippen LogP) is 3.62. The fourth-order valence-electron chi connectivity index (χ4n) is 2.79. The molecule has 0 fully saturated rings. The lowest BCUT2D eigenvalue weighted by molar-refractivity contribution is 0.416. The third kappa shape index (κ3) is 1.93. The Kier molecular flexibility index (Phi) is 3.45. The minimum Gasteiger partial charge on any atom is -0.493 e. The first-order valence-corrected chi connectivity index (χ1v) is 7.57. The van der Waals surface area contributed by atoms with Crippen LogP contribution in [0, 0.1) is 25.2 Å². The van der Waals surface area contributed by atoms with Crippen LogP contribution < -0.4 is 4.74 Å². The number of imidazole rings is 1. The van der Waals surface area contributed by atoms with Crippen LogP contribution in [0.15, 0.2) is 22.7 Å². The first kappa shape index (κ1) is 14.7. The maximum Gasteiger partial charge on any atom is 0.215 e. The van der Waals surface area contributed by atoms with Gasteiger partial charge < -0.3 is 9.30 Å². The van der Waals surface area contributed by atoms with Gasteiger partial charge in [-0.25, -0.2) is 4.98 Å². The fourth-order valence-corrected chi connectivity index (χ4v) is 3.37. The molecular formula is C16H15BrN4O. The van der Waals surface area contributed by atoms with Gasteiger partial charge in [0.15, 0.2) is 5.75 Å². The summed E-state index contributed by atoms with van der Waals surface area (Å²) in [7, 11) is 3.52. The lowest BCUT2D eigenvalue weighted by Gasteiger charge is -2.09. The molecule has 0 bridgehead atoms. The van der Waals surface area contributed by atoms with Gasteiger partial charge in [0.2, 0.25) is 5.95 Å². The zero-order valence-corrected chi connectivity index (χ0v) is 14.4. The number of halogens is 1. The van der Waals surface area contributed by atoms with E-state index in [1.54, 1.807) is 13.2 Å². The van der Waals surface area contributed by atoms with E-state index in [4.69, 9.17) is 9.72 Å². The van der Waals surface area contributed by atoms with Crippen LogP contribution >= 0.6 is 15.9 Å². The van der Waals surface area contributed by atoms with Crippen molar-refractivity contribution in [3.8, 4) is 17.8 Å². The van der Waals surface area contributed by atoms with Gasteiger partial charge in [-0.05, 0) is 48.0 Å². The van der Waals surface area contributed by atoms with Gasteiger partial charge in [-0.2, -0.15) is 5.26 Å². The molecule has 1 aromatic carbocycles. The summed E-state index contributed by atoms with van der Waals surface area (Å²) in [4.78, 5) is 4.74. The number of ether oxygens (including phenoxy) is 1. The van der Waals surface area contributed by atoms with Crippen LogP contribution in [0.1, 0.15) is 17.0 Å². The second kappa shape index (κ2) is 5.18. The van der Waals surface area contributed by atoms with Crippen molar-refractivity contribution < 1.29 is 4.74 Å². The predicted molar refractivity (Wildman–Crippen MR) is 88.5 cm³/mol. The average molecular weight is 359 g/mol. The van der Waals surface area contributed by atoms with Crippen molar-refractivity contribution in [2.75, 3.05) is 7.11 Å². The molecule has 3 rings (SSSR count). The number of hydrogen-bond donors (Lipinski definition) is 0. The van der Waals surface area contributed by atoms with Gasteiger partial charge >= 0.3 is 0 Å². The SMILES string of the molecule is COc1c(Br)cc(C#N)c2c1nc(-n1c(C)ccc1C)n2C. The van der Waals surface area contributed by atoms with E-state index in [0.717, 1.165) is 27.3 Å². The molecule has 0 saturated heterocycles. The second-order valence-electron chi connectivity index (χ2n) is 5.17. The minimum atomic E-state index is 0.561. The first-order valence-electron chi connectivity index (χ1n) is 6.78. The Balaban J connectivity index is 2.46. The molecule has 0 aliphatic heterocycles. The lowest BCUT2D eigenvalue weighted by atomic mass is 10.2. The summed E-state index contributed by atoms with van der Waals surface area (Å²) in [5.41, 5.74) is 4.19. The lowest BCUT2D eigenvalue weighted by Crippen LogP contribution is -2.06. The van der Waals surface area contributed by atoms with Gasteiger partial charge in [0.25, 0.3) is 0 Å². The molecule has 3 aromatic rings. The third-order valence-electron chi connectivity index (χ3n) is 3.83. The molecule has 5 nitrogen and oxygen atoms in total. The van der Waals surface area contributed by atoms with E-state index >= 15 is 0 Å². The van der Waals surface area contributed by atoms with Gasteiger partial charge in [0.1, 0.15) is 11.6 Å². The molecule has 0 aliphatic carbocycles. The van der Waals surface area contributed by atoms with E-state index in [1.807, 2.05) is 37.6 Å². The van der Waals surface area contributed by atoms with Gasteiger partial charge in [0, 0.05) is 18.4 Å². The third-order valence-corrected chi connectivity index (χ3v) is 4.41. The number of aryl methyl sites for hydroxylation is 3. The Hall–Kier alpha value is -2.26. The van der Waals surface area contributed by atoms with Crippen molar-refractivity contribution in [3.05, 3.63) is 39.6 Å². The van der Waals surface area contributed by atoms with Crippen LogP contribution in [0.25, 0.3) is 17.0 Å². The summed E-state index contributed by atoms with van der Waals surface area (Å²) in [5, 5.41) is 9.44. The number of rotatable bonds is 2. The molecule has 6 heteroatoms. The van der Waals surface area contributed by atoms with E-state index < -0.39 is 0 Å². The highest BCUT2D eigenvalue weighted by Crippen LogP contribution is 2.36. The van der Waals surface area contributed by atoms with Gasteiger partial charge in [-0.1, -0.05) is 0 Å². The van der Waals surface area contributed by atoms with Crippen LogP contribution in [0.5, 0.6) is 5.75 Å². The fraction of sp³-hybridized carbons (Fsp3) is 0.250. The molecule has 0 unspecified atom stereocenters. The Morgan fingerprint density at radius 3 is 2.45 bits per heavy atom. The monoisotopic (exact) mass is 358 g/mol. The van der Waals surface area contributed by atoms with Crippen molar-refractivity contribution in [2.45, 2.75) is 13.8 Å². The van der Waals surface area contributed by atoms with Gasteiger partial charge in [-0.15, -0.1) is 0 Å². The van der Waals surface area contributed by atoms with Crippen LogP contribution in [0.4, 0.5) is 0 Å². The highest BCUT2D eigenvalue weighted by Gasteiger charge is 2.20. The number of hydrogen-bond acceptors (Lipinski definition) is 3. The zero-order chi connectivity index (χ0) is 16.0. The average Bonchev–Trinajstić information content (AvgIpc) is 2.99. The molecule has 0 N–H and O–H groups in total. The maximum atomic E-state index is 9.44. The largest absolute Gasteiger partial charge is 0.493 e. The van der Waals surface area contributed by atoms with E-state index in [-0.39, 0.29) is 0 Å². The van der Waals surface area contributed by atoms with Crippen molar-refractivity contribution in [1.82, 2.24) is 14.1 Å². The van der Waals surface area contributed by atoms with E-state index in [1.165, 1.54) is 0 Å². The summed E-state index contributed by atoms with van der Waals surface area (Å²) in [5.74, 6) is 1.40. The molecule has 0 atom stereocenters. The summed E-state index contributed by atoms with van der Waals surface area (Å²) < 4.78 is 10.2. The van der Waals surface area contributed by atoms with E-state index in [0.29, 0.717) is 16.8 Å². The first-order chi connectivity index (χ1) is 10.5. The number of nitrogens with zero attached hydrogens (tertiary/aromatic N) is 4. The topological polar surface area (TPSA) is 55.8 Å². The number of nitriles is 1. The van der Waals surface area contributed by atoms with Crippen molar-refractivity contribution >= 4 is 27.0 Å². The number of benzene rings is 1. The van der Waals surface area contributed by atoms with Gasteiger partial charge in [-0.3, -0.25) is 4.57 Å². The van der Waals surface area contributed by atoms with Crippen molar-refractivity contribution in [3.63, 3.8) is 0 Å². The Labute approximate surface area is 136 Å². The second-order valence-corrected chi connectivity index (χ2v) is 6.02. The normalized spacial score (nSPS) is 10.9. The zero-order valence-electron chi connectivity index (χ0n) is 12.8. The smallest absolute Gasteiger partial charge is 0.215 e. The highest BCUT2D eigenvalue weighted by molar-refractivity contribution is 9.10. The Morgan fingerprint density at radius 2 is 1.91 bits per heavy atom. The summed E-state index contributed by atoms with van der Waals surface area (Å²) in [6.45, 7) is 4.06. The molecule has 0 aliphatic rings. The van der Waals surface area contributed by atoms with Crippen molar-refractivity contribution in [2.24, 2.45) is 7.05 Å². The molecule has 0 spiro atoms. The molecule has 0 radical (unpaired) electrons. The van der Waals surface area contributed by atoms with Crippen LogP contribution in [-0.2, 0) is 7.05 Å². The highest BCUT2D eigenvalue weighted by atomic mass is 79.9. The van der Waals surface area contributed by atoms with Crippen LogP contribution in [0.3, 0.4) is 0 Å². The molecular weight excluding hydrogens is 344 g/mol. The molecule has 22 heavy (non-hydrogen) atoms. The van der Waals surface area contributed by atoms with E-state index in [9.17, 15) is 5.26 Å². The van der Waals surface area contributed by atoms with Crippen molar-refractivity contribution in [1.29, 1.82) is 5.26 Å². The molecule has 0 amide bonds. The molecule has 0 saturated carbocycles. The molecule has 2 aromatic heterocycles. The Bertz CT molecular complexity index is 911. The number of fused-ring (bicyclic) bond motifs is 1. The number of methoxy groups -OCH3 is 1. The molecule has 2 heterocycles. The number of aromatic nitrogens is 3. The summed E-state index contributed by atoms with van der Waals surface area (Å²) in [6.07, 6.45) is 0. The Morgan fingerprint density at radius 1 is 1.27 bits per heavy atom. The summed E-state index contributed by atoms with van der Waals surface area (Å²) >= 11 is 3.45.